The van der Waals surface area contributed by atoms with Crippen molar-refractivity contribution in [1.29, 1.82) is 0 Å². The maximum absolute atomic E-state index is 11.9. The van der Waals surface area contributed by atoms with E-state index >= 15 is 0 Å². The molecule has 0 aliphatic carbocycles. The maximum Gasteiger partial charge on any atom is 0.246 e. The van der Waals surface area contributed by atoms with Crippen molar-refractivity contribution in [1.82, 2.24) is 9.88 Å². The van der Waals surface area contributed by atoms with E-state index in [-0.39, 0.29) is 5.91 Å². The van der Waals surface area contributed by atoms with Gasteiger partial charge in [-0.25, -0.2) is 4.98 Å². The zero-order chi connectivity index (χ0) is 13.7. The van der Waals surface area contributed by atoms with E-state index in [1.165, 1.54) is 11.3 Å². The van der Waals surface area contributed by atoms with Crippen LogP contribution in [0.4, 0.5) is 5.69 Å². The molecule has 19 heavy (non-hydrogen) atoms. The fourth-order valence-corrected chi connectivity index (χ4v) is 2.14. The molecule has 1 amide bonds. The summed E-state index contributed by atoms with van der Waals surface area (Å²) in [5.41, 5.74) is 9.94. The van der Waals surface area contributed by atoms with Crippen molar-refractivity contribution >= 4 is 29.0 Å². The van der Waals surface area contributed by atoms with Gasteiger partial charge in [-0.15, -0.1) is 11.3 Å². The second kappa shape index (κ2) is 6.15. The van der Waals surface area contributed by atoms with Gasteiger partial charge in [0, 0.05) is 24.2 Å². The van der Waals surface area contributed by atoms with E-state index in [0.29, 0.717) is 12.2 Å². The number of anilines is 1. The first kappa shape index (κ1) is 13.3. The van der Waals surface area contributed by atoms with Crippen molar-refractivity contribution in [3.8, 4) is 0 Å². The van der Waals surface area contributed by atoms with Crippen LogP contribution >= 0.6 is 11.3 Å². The van der Waals surface area contributed by atoms with E-state index in [1.54, 1.807) is 29.6 Å². The van der Waals surface area contributed by atoms with Crippen LogP contribution in [-0.2, 0) is 11.3 Å². The molecule has 0 saturated carbocycles. The molecular weight excluding hydrogens is 258 g/mol. The number of amides is 1. The van der Waals surface area contributed by atoms with Gasteiger partial charge < -0.3 is 10.6 Å². The van der Waals surface area contributed by atoms with Crippen LogP contribution in [0.1, 0.15) is 11.3 Å². The van der Waals surface area contributed by atoms with Gasteiger partial charge in [0.1, 0.15) is 0 Å². The molecule has 1 aromatic heterocycles. The molecule has 4 nitrogen and oxygen atoms in total. The number of carbonyl (C=O) groups excluding carboxylic acids is 1. The Labute approximate surface area is 116 Å². The zero-order valence-corrected chi connectivity index (χ0v) is 11.4. The molecule has 0 radical (unpaired) electrons. The average Bonchev–Trinajstić information content (AvgIpc) is 2.89. The summed E-state index contributed by atoms with van der Waals surface area (Å²) >= 11 is 1.52. The molecule has 0 aliphatic heterocycles. The molecule has 2 aromatic rings. The zero-order valence-electron chi connectivity index (χ0n) is 10.6. The third-order valence-corrected chi connectivity index (χ3v) is 3.22. The van der Waals surface area contributed by atoms with E-state index in [4.69, 9.17) is 5.73 Å². The number of carbonyl (C=O) groups is 1. The summed E-state index contributed by atoms with van der Waals surface area (Å²) in [6.07, 6.45) is 3.30. The second-order valence-corrected chi connectivity index (χ2v) is 4.90. The Hall–Kier alpha value is -2.14. The predicted octanol–water partition coefficient (Wildman–Crippen LogP) is 2.40. The lowest BCUT2D eigenvalue weighted by Crippen LogP contribution is -2.24. The Balaban J connectivity index is 1.96. The topological polar surface area (TPSA) is 59.2 Å². The first-order chi connectivity index (χ1) is 9.15. The maximum atomic E-state index is 11.9. The minimum absolute atomic E-state index is 0.0598. The van der Waals surface area contributed by atoms with Crippen LogP contribution in [0, 0.1) is 0 Å². The summed E-state index contributed by atoms with van der Waals surface area (Å²) in [5, 5.41) is 1.94. The molecule has 0 aliphatic rings. The van der Waals surface area contributed by atoms with Crippen LogP contribution < -0.4 is 5.73 Å². The van der Waals surface area contributed by atoms with Crippen molar-refractivity contribution in [3.63, 3.8) is 0 Å². The Bertz CT molecular complexity index is 578. The number of nitrogens with two attached hydrogens (primary N) is 1. The summed E-state index contributed by atoms with van der Waals surface area (Å²) in [6.45, 7) is 0.517. The monoisotopic (exact) mass is 273 g/mol. The highest BCUT2D eigenvalue weighted by molar-refractivity contribution is 7.07. The lowest BCUT2D eigenvalue weighted by molar-refractivity contribution is -0.125. The predicted molar refractivity (Wildman–Crippen MR) is 78.5 cm³/mol. The minimum atomic E-state index is -0.0598. The Morgan fingerprint density at radius 2 is 2.37 bits per heavy atom. The van der Waals surface area contributed by atoms with Crippen molar-refractivity contribution in [3.05, 3.63) is 52.5 Å². The highest BCUT2D eigenvalue weighted by Gasteiger charge is 2.06. The number of likely N-dealkylation sites (N-methyl/N-ethyl adjacent to an activating group) is 1. The molecule has 98 valence electrons. The largest absolute Gasteiger partial charge is 0.399 e. The standard InChI is InChI=1S/C14H15N3OS/c1-17(8-13-9-19-10-16-13)14(18)6-5-11-3-2-4-12(15)7-11/h2-7,9-10H,8,15H2,1H3/b6-5+. The molecule has 0 unspecified atom stereocenters. The number of rotatable bonds is 4. The number of hydrogen-bond donors (Lipinski definition) is 1. The van der Waals surface area contributed by atoms with Gasteiger partial charge in [0.2, 0.25) is 5.91 Å². The lowest BCUT2D eigenvalue weighted by Gasteiger charge is -2.13. The smallest absolute Gasteiger partial charge is 0.246 e. The van der Waals surface area contributed by atoms with Crippen LogP contribution in [0.5, 0.6) is 0 Å². The second-order valence-electron chi connectivity index (χ2n) is 4.18. The normalized spacial score (nSPS) is 10.8. The Morgan fingerprint density at radius 3 is 3.05 bits per heavy atom. The molecule has 0 fully saturated rings. The third kappa shape index (κ3) is 3.93. The molecule has 2 N–H and O–H groups in total. The quantitative estimate of drug-likeness (QED) is 0.687. The highest BCUT2D eigenvalue weighted by Crippen LogP contribution is 2.09. The van der Waals surface area contributed by atoms with Gasteiger partial charge in [-0.3, -0.25) is 4.79 Å². The fraction of sp³-hybridized carbons (Fsp3) is 0.143. The molecular formula is C14H15N3OS. The summed E-state index contributed by atoms with van der Waals surface area (Å²) in [7, 11) is 1.76. The Kier molecular flexibility index (Phi) is 4.30. The van der Waals surface area contributed by atoms with Gasteiger partial charge in [-0.2, -0.15) is 0 Å². The van der Waals surface area contributed by atoms with Crippen LogP contribution in [0.25, 0.3) is 6.08 Å². The molecule has 5 heteroatoms. The third-order valence-electron chi connectivity index (χ3n) is 2.59. The summed E-state index contributed by atoms with van der Waals surface area (Å²) in [5.74, 6) is -0.0598. The van der Waals surface area contributed by atoms with E-state index in [0.717, 1.165) is 11.3 Å². The summed E-state index contributed by atoms with van der Waals surface area (Å²) < 4.78 is 0. The Morgan fingerprint density at radius 1 is 1.53 bits per heavy atom. The SMILES string of the molecule is CN(Cc1cscn1)C(=O)/C=C/c1cccc(N)c1. The minimum Gasteiger partial charge on any atom is -0.399 e. The van der Waals surface area contributed by atoms with E-state index < -0.39 is 0 Å². The van der Waals surface area contributed by atoms with Gasteiger partial charge >= 0.3 is 0 Å². The molecule has 0 bridgehead atoms. The number of nitrogen functional groups attached to an aromatic ring is 1. The van der Waals surface area contributed by atoms with E-state index in [2.05, 4.69) is 4.98 Å². The molecule has 0 saturated heterocycles. The lowest BCUT2D eigenvalue weighted by atomic mass is 10.2. The average molecular weight is 273 g/mol. The first-order valence-corrected chi connectivity index (χ1v) is 6.75. The molecule has 1 aromatic carbocycles. The number of benzene rings is 1. The molecule has 0 atom stereocenters. The van der Waals surface area contributed by atoms with Crippen molar-refractivity contribution < 1.29 is 4.79 Å². The number of aromatic nitrogens is 1. The van der Waals surface area contributed by atoms with Crippen molar-refractivity contribution in [2.24, 2.45) is 0 Å². The van der Waals surface area contributed by atoms with Crippen LogP contribution in [0.3, 0.4) is 0 Å². The van der Waals surface area contributed by atoms with Gasteiger partial charge in [0.15, 0.2) is 0 Å². The van der Waals surface area contributed by atoms with E-state index in [1.807, 2.05) is 29.6 Å². The summed E-state index contributed by atoms with van der Waals surface area (Å²) in [4.78, 5) is 17.7. The van der Waals surface area contributed by atoms with Gasteiger partial charge in [-0.1, -0.05) is 12.1 Å². The van der Waals surface area contributed by atoms with Crippen molar-refractivity contribution in [2.75, 3.05) is 12.8 Å². The van der Waals surface area contributed by atoms with E-state index in [9.17, 15) is 4.79 Å². The van der Waals surface area contributed by atoms with Crippen LogP contribution in [-0.4, -0.2) is 22.8 Å². The van der Waals surface area contributed by atoms with Gasteiger partial charge in [-0.05, 0) is 23.8 Å². The van der Waals surface area contributed by atoms with Crippen LogP contribution in [0.15, 0.2) is 41.2 Å². The molecule has 0 spiro atoms. The molecule has 2 rings (SSSR count). The first-order valence-electron chi connectivity index (χ1n) is 5.81. The summed E-state index contributed by atoms with van der Waals surface area (Å²) in [6, 6.07) is 7.40. The fourth-order valence-electron chi connectivity index (χ4n) is 1.59. The number of thiazole rings is 1. The van der Waals surface area contributed by atoms with Gasteiger partial charge in [0.25, 0.3) is 0 Å². The highest BCUT2D eigenvalue weighted by atomic mass is 32.1. The molecule has 1 heterocycles. The number of nitrogens with zero attached hydrogens (tertiary/aromatic N) is 2. The van der Waals surface area contributed by atoms with Crippen LogP contribution in [0.2, 0.25) is 0 Å². The van der Waals surface area contributed by atoms with Crippen molar-refractivity contribution in [2.45, 2.75) is 6.54 Å². The van der Waals surface area contributed by atoms with Gasteiger partial charge in [0.05, 0.1) is 17.7 Å². The number of hydrogen-bond acceptors (Lipinski definition) is 4.